The van der Waals surface area contributed by atoms with Gasteiger partial charge in [0.15, 0.2) is 0 Å². The lowest BCUT2D eigenvalue weighted by Gasteiger charge is -2.13. The topological polar surface area (TPSA) is 12.9 Å². The molecule has 1 nitrogen and oxygen atoms in total. The van der Waals surface area contributed by atoms with Gasteiger partial charge in [0.2, 0.25) is 0 Å². The van der Waals surface area contributed by atoms with E-state index in [1.165, 1.54) is 38.1 Å². The molecule has 1 aromatic heterocycles. The molecule has 0 spiro atoms. The SMILES string of the molecule is Cc1cccc2c3ccccc3c3nccc(C)c3c12. The molecule has 4 rings (SSSR count). The Morgan fingerprint density at radius 3 is 2.20 bits per heavy atom. The summed E-state index contributed by atoms with van der Waals surface area (Å²) in [6.45, 7) is 4.35. The average Bonchev–Trinajstić information content (AvgIpc) is 2.48. The van der Waals surface area contributed by atoms with E-state index in [9.17, 15) is 0 Å². The zero-order valence-corrected chi connectivity index (χ0v) is 11.6. The number of benzene rings is 3. The lowest BCUT2D eigenvalue weighted by atomic mass is 9.92. The minimum absolute atomic E-state index is 1.11. The van der Waals surface area contributed by atoms with Gasteiger partial charge in [0, 0.05) is 17.0 Å². The van der Waals surface area contributed by atoms with Gasteiger partial charge in [-0.05, 0) is 47.2 Å². The number of aryl methyl sites for hydroxylation is 2. The van der Waals surface area contributed by atoms with E-state index in [2.05, 4.69) is 67.4 Å². The minimum Gasteiger partial charge on any atom is -0.256 e. The number of hydrogen-bond donors (Lipinski definition) is 0. The monoisotopic (exact) mass is 257 g/mol. The van der Waals surface area contributed by atoms with Gasteiger partial charge in [-0.3, -0.25) is 4.98 Å². The van der Waals surface area contributed by atoms with Crippen molar-refractivity contribution in [1.29, 1.82) is 0 Å². The quantitative estimate of drug-likeness (QED) is 0.397. The molecule has 0 N–H and O–H groups in total. The van der Waals surface area contributed by atoms with Crippen molar-refractivity contribution in [3.05, 3.63) is 65.9 Å². The Kier molecular flexibility index (Phi) is 2.31. The number of rotatable bonds is 0. The van der Waals surface area contributed by atoms with E-state index in [0.717, 1.165) is 5.52 Å². The highest BCUT2D eigenvalue weighted by molar-refractivity contribution is 6.25. The van der Waals surface area contributed by atoms with E-state index < -0.39 is 0 Å². The molecule has 20 heavy (non-hydrogen) atoms. The lowest BCUT2D eigenvalue weighted by Crippen LogP contribution is -1.90. The van der Waals surface area contributed by atoms with Crippen LogP contribution >= 0.6 is 0 Å². The van der Waals surface area contributed by atoms with Crippen LogP contribution in [0.25, 0.3) is 32.4 Å². The molecule has 1 heteroatoms. The summed E-state index contributed by atoms with van der Waals surface area (Å²) in [5.41, 5.74) is 3.72. The molecule has 0 aliphatic carbocycles. The van der Waals surface area contributed by atoms with Crippen molar-refractivity contribution in [3.63, 3.8) is 0 Å². The fourth-order valence-corrected chi connectivity index (χ4v) is 3.23. The first-order valence-electron chi connectivity index (χ1n) is 6.93. The molecule has 0 unspecified atom stereocenters. The number of pyridine rings is 1. The molecular weight excluding hydrogens is 242 g/mol. The maximum absolute atomic E-state index is 4.66. The van der Waals surface area contributed by atoms with Gasteiger partial charge in [-0.1, -0.05) is 42.5 Å². The van der Waals surface area contributed by atoms with Gasteiger partial charge < -0.3 is 0 Å². The fourth-order valence-electron chi connectivity index (χ4n) is 3.23. The van der Waals surface area contributed by atoms with Crippen molar-refractivity contribution in [3.8, 4) is 0 Å². The van der Waals surface area contributed by atoms with Crippen molar-refractivity contribution in [2.45, 2.75) is 13.8 Å². The van der Waals surface area contributed by atoms with Crippen LogP contribution in [0.15, 0.2) is 54.7 Å². The van der Waals surface area contributed by atoms with Crippen molar-refractivity contribution in [2.75, 3.05) is 0 Å². The second-order valence-electron chi connectivity index (χ2n) is 5.39. The third-order valence-electron chi connectivity index (χ3n) is 4.15. The highest BCUT2D eigenvalue weighted by atomic mass is 14.7. The summed E-state index contributed by atoms with van der Waals surface area (Å²) >= 11 is 0. The van der Waals surface area contributed by atoms with Gasteiger partial charge in [-0.25, -0.2) is 0 Å². The molecule has 4 aromatic rings. The standard InChI is InChI=1S/C19H15N/c1-12-6-5-9-15-14-7-3-4-8-16(14)19-18(17(12)15)13(2)10-11-20-19/h3-11H,1-2H3. The predicted molar refractivity (Wildman–Crippen MR) is 86.2 cm³/mol. The van der Waals surface area contributed by atoms with E-state index in [4.69, 9.17) is 0 Å². The molecule has 0 fully saturated rings. The van der Waals surface area contributed by atoms with E-state index in [0.29, 0.717) is 0 Å². The van der Waals surface area contributed by atoms with E-state index in [1.54, 1.807) is 0 Å². The average molecular weight is 257 g/mol. The second kappa shape index (κ2) is 4.04. The zero-order chi connectivity index (χ0) is 13.7. The van der Waals surface area contributed by atoms with Crippen LogP contribution in [0.5, 0.6) is 0 Å². The molecule has 3 aromatic carbocycles. The number of aromatic nitrogens is 1. The third kappa shape index (κ3) is 1.41. The molecule has 0 bridgehead atoms. The molecule has 0 atom stereocenters. The Morgan fingerprint density at radius 2 is 1.35 bits per heavy atom. The summed E-state index contributed by atoms with van der Waals surface area (Å²) in [6, 6.07) is 17.2. The normalized spacial score (nSPS) is 11.5. The molecular formula is C19H15N. The Hall–Kier alpha value is -2.41. The van der Waals surface area contributed by atoms with Gasteiger partial charge in [-0.2, -0.15) is 0 Å². The molecule has 1 heterocycles. The van der Waals surface area contributed by atoms with Crippen molar-refractivity contribution < 1.29 is 0 Å². The largest absolute Gasteiger partial charge is 0.256 e. The summed E-state index contributed by atoms with van der Waals surface area (Å²) < 4.78 is 0. The third-order valence-corrected chi connectivity index (χ3v) is 4.15. The van der Waals surface area contributed by atoms with E-state index in [-0.39, 0.29) is 0 Å². The second-order valence-corrected chi connectivity index (χ2v) is 5.39. The Bertz CT molecular complexity index is 887. The maximum atomic E-state index is 4.66. The number of hydrogen-bond acceptors (Lipinski definition) is 1. The highest BCUT2D eigenvalue weighted by Crippen LogP contribution is 2.36. The van der Waals surface area contributed by atoms with Crippen LogP contribution < -0.4 is 0 Å². The van der Waals surface area contributed by atoms with Gasteiger partial charge in [-0.15, -0.1) is 0 Å². The fraction of sp³-hybridized carbons (Fsp3) is 0.105. The summed E-state index contributed by atoms with van der Waals surface area (Å²) in [6.07, 6.45) is 1.91. The maximum Gasteiger partial charge on any atom is 0.0789 e. The van der Waals surface area contributed by atoms with E-state index >= 15 is 0 Å². The van der Waals surface area contributed by atoms with Gasteiger partial charge in [0.1, 0.15) is 0 Å². The Labute approximate surface area is 117 Å². The molecule has 96 valence electrons. The van der Waals surface area contributed by atoms with Gasteiger partial charge >= 0.3 is 0 Å². The Morgan fingerprint density at radius 1 is 0.650 bits per heavy atom. The number of nitrogens with zero attached hydrogens (tertiary/aromatic N) is 1. The summed E-state index contributed by atoms with van der Waals surface area (Å²) in [5.74, 6) is 0. The summed E-state index contributed by atoms with van der Waals surface area (Å²) in [7, 11) is 0. The molecule has 0 aliphatic heterocycles. The van der Waals surface area contributed by atoms with Crippen LogP contribution in [0.3, 0.4) is 0 Å². The van der Waals surface area contributed by atoms with Crippen molar-refractivity contribution in [2.24, 2.45) is 0 Å². The summed E-state index contributed by atoms with van der Waals surface area (Å²) in [5, 5.41) is 6.48. The first-order chi connectivity index (χ1) is 9.77. The predicted octanol–water partition coefficient (Wildman–Crippen LogP) is 5.16. The van der Waals surface area contributed by atoms with Crippen molar-refractivity contribution >= 4 is 32.4 Å². The first-order valence-corrected chi connectivity index (χ1v) is 6.93. The zero-order valence-electron chi connectivity index (χ0n) is 11.6. The van der Waals surface area contributed by atoms with Crippen LogP contribution in [-0.2, 0) is 0 Å². The van der Waals surface area contributed by atoms with Crippen LogP contribution in [0.2, 0.25) is 0 Å². The van der Waals surface area contributed by atoms with Crippen LogP contribution in [0.1, 0.15) is 11.1 Å². The summed E-state index contributed by atoms with van der Waals surface area (Å²) in [4.78, 5) is 4.66. The minimum atomic E-state index is 1.11. The van der Waals surface area contributed by atoms with Crippen molar-refractivity contribution in [1.82, 2.24) is 4.98 Å². The molecule has 0 amide bonds. The molecule has 0 aliphatic rings. The lowest BCUT2D eigenvalue weighted by molar-refractivity contribution is 1.38. The van der Waals surface area contributed by atoms with Gasteiger partial charge in [0.25, 0.3) is 0 Å². The first kappa shape index (κ1) is 11.4. The Balaban J connectivity index is 2.49. The molecule has 0 radical (unpaired) electrons. The highest BCUT2D eigenvalue weighted by Gasteiger charge is 2.11. The van der Waals surface area contributed by atoms with Crippen LogP contribution in [0.4, 0.5) is 0 Å². The van der Waals surface area contributed by atoms with Gasteiger partial charge in [0.05, 0.1) is 5.52 Å². The molecule has 0 saturated carbocycles. The van der Waals surface area contributed by atoms with Crippen LogP contribution in [-0.4, -0.2) is 4.98 Å². The molecule has 0 saturated heterocycles. The smallest absolute Gasteiger partial charge is 0.0789 e. The number of fused-ring (bicyclic) bond motifs is 6. The van der Waals surface area contributed by atoms with Crippen LogP contribution in [0, 0.1) is 13.8 Å². The van der Waals surface area contributed by atoms with E-state index in [1.807, 2.05) is 6.20 Å².